The highest BCUT2D eigenvalue weighted by atomic mass is 79.9. The van der Waals surface area contributed by atoms with Crippen LogP contribution in [-0.2, 0) is 4.79 Å². The molecule has 9 nitrogen and oxygen atoms in total. The van der Waals surface area contributed by atoms with E-state index in [1.54, 1.807) is 25.3 Å². The summed E-state index contributed by atoms with van der Waals surface area (Å²) in [5.74, 6) is 1.76. The van der Waals surface area contributed by atoms with Crippen LogP contribution in [0.4, 0.5) is 0 Å². The number of ether oxygens (including phenoxy) is 4. The van der Waals surface area contributed by atoms with E-state index in [1.165, 1.54) is 23.9 Å². The number of hydrazone groups is 1. The van der Waals surface area contributed by atoms with E-state index in [9.17, 15) is 4.79 Å². The molecule has 1 N–H and O–H groups in total. The Kier molecular flexibility index (Phi) is 8.32. The van der Waals surface area contributed by atoms with Gasteiger partial charge in [-0.3, -0.25) is 10.2 Å². The minimum Gasteiger partial charge on any atom is -0.493 e. The molecule has 0 saturated carbocycles. The lowest BCUT2D eigenvalue weighted by Gasteiger charge is -2.20. The standard InChI is InChI=1S/C25H25BrN4O5S/c1-4-7-21-29-30-23(27)16(24(31)28-25(30)36-21)12-15-13-17(26)22(20(14-15)33-3)35-11-10-34-19-9-6-5-8-18(19)32-2/h5-6,8-9,12-14,27H,4,7,10-11H2,1-3H3/b16-12-,27-23?. The number of benzene rings is 2. The van der Waals surface area contributed by atoms with E-state index in [1.807, 2.05) is 24.3 Å². The summed E-state index contributed by atoms with van der Waals surface area (Å²) in [6.07, 6.45) is 3.30. The van der Waals surface area contributed by atoms with Gasteiger partial charge in [-0.1, -0.05) is 19.1 Å². The van der Waals surface area contributed by atoms with Gasteiger partial charge in [0.05, 0.1) is 24.3 Å². The Morgan fingerprint density at radius 3 is 2.53 bits per heavy atom. The van der Waals surface area contributed by atoms with Crippen LogP contribution in [0.3, 0.4) is 0 Å². The van der Waals surface area contributed by atoms with Gasteiger partial charge in [-0.05, 0) is 76.4 Å². The van der Waals surface area contributed by atoms with Crippen molar-refractivity contribution in [3.63, 3.8) is 0 Å². The maximum absolute atomic E-state index is 12.7. The molecule has 0 unspecified atom stereocenters. The Hall–Kier alpha value is -3.31. The molecule has 0 atom stereocenters. The molecule has 0 bridgehead atoms. The van der Waals surface area contributed by atoms with E-state index in [-0.39, 0.29) is 18.0 Å². The third kappa shape index (κ3) is 5.57. The number of halogens is 1. The number of carbonyl (C=O) groups excluding carboxylic acids is 1. The van der Waals surface area contributed by atoms with Crippen molar-refractivity contribution in [3.8, 4) is 23.0 Å². The summed E-state index contributed by atoms with van der Waals surface area (Å²) in [5, 5.41) is 15.6. The van der Waals surface area contributed by atoms with Crippen LogP contribution in [0, 0.1) is 5.41 Å². The van der Waals surface area contributed by atoms with E-state index in [4.69, 9.17) is 24.4 Å². The first kappa shape index (κ1) is 25.8. The Labute approximate surface area is 221 Å². The number of rotatable bonds is 10. The highest BCUT2D eigenvalue weighted by molar-refractivity contribution is 9.10. The highest BCUT2D eigenvalue weighted by Gasteiger charge is 2.35. The Bertz CT molecular complexity index is 1280. The molecule has 11 heteroatoms. The lowest BCUT2D eigenvalue weighted by atomic mass is 10.1. The number of amides is 1. The van der Waals surface area contributed by atoms with Crippen LogP contribution in [0.1, 0.15) is 25.3 Å². The van der Waals surface area contributed by atoms with Crippen molar-refractivity contribution in [1.82, 2.24) is 5.01 Å². The minimum absolute atomic E-state index is 0.00694. The maximum atomic E-state index is 12.7. The lowest BCUT2D eigenvalue weighted by Crippen LogP contribution is -2.35. The zero-order chi connectivity index (χ0) is 25.7. The zero-order valence-corrected chi connectivity index (χ0v) is 22.4. The number of methoxy groups -OCH3 is 2. The molecule has 0 radical (unpaired) electrons. The third-order valence-electron chi connectivity index (χ3n) is 5.18. The smallest absolute Gasteiger partial charge is 0.283 e. The number of thioether (sulfide) groups is 1. The highest BCUT2D eigenvalue weighted by Crippen LogP contribution is 2.38. The largest absolute Gasteiger partial charge is 0.493 e. The van der Waals surface area contributed by atoms with Crippen LogP contribution in [0.2, 0.25) is 0 Å². The van der Waals surface area contributed by atoms with Crippen LogP contribution in [0.25, 0.3) is 6.08 Å². The molecule has 2 aliphatic rings. The summed E-state index contributed by atoms with van der Waals surface area (Å²) in [6.45, 7) is 2.61. The summed E-state index contributed by atoms with van der Waals surface area (Å²) in [7, 11) is 3.12. The van der Waals surface area contributed by atoms with Gasteiger partial charge in [0, 0.05) is 0 Å². The molecule has 2 aromatic rings. The van der Waals surface area contributed by atoms with Gasteiger partial charge in [-0.2, -0.15) is 15.1 Å². The Balaban J connectivity index is 1.48. The number of fused-ring (bicyclic) bond motifs is 1. The van der Waals surface area contributed by atoms with Crippen LogP contribution in [0.15, 0.2) is 56.5 Å². The summed E-state index contributed by atoms with van der Waals surface area (Å²) in [4.78, 5) is 16.8. The summed E-state index contributed by atoms with van der Waals surface area (Å²) in [5.41, 5.74) is 0.793. The number of nitrogens with zero attached hydrogens (tertiary/aromatic N) is 3. The molecule has 4 rings (SSSR count). The molecule has 2 heterocycles. The first-order valence-electron chi connectivity index (χ1n) is 11.2. The number of hydrogen-bond acceptors (Lipinski definition) is 8. The van der Waals surface area contributed by atoms with Gasteiger partial charge < -0.3 is 18.9 Å². The van der Waals surface area contributed by atoms with Gasteiger partial charge in [-0.15, -0.1) is 0 Å². The fourth-order valence-corrected chi connectivity index (χ4v) is 5.07. The van der Waals surface area contributed by atoms with Crippen molar-refractivity contribution in [2.45, 2.75) is 19.8 Å². The molecule has 0 spiro atoms. The van der Waals surface area contributed by atoms with E-state index in [0.29, 0.717) is 44.8 Å². The average molecular weight is 573 g/mol. The molecule has 0 saturated heterocycles. The second kappa shape index (κ2) is 11.6. The van der Waals surface area contributed by atoms with Crippen molar-refractivity contribution in [3.05, 3.63) is 52.0 Å². The van der Waals surface area contributed by atoms with Crippen LogP contribution in [-0.4, -0.2) is 54.4 Å². The predicted molar refractivity (Wildman–Crippen MR) is 145 cm³/mol. The molecular weight excluding hydrogens is 548 g/mol. The van der Waals surface area contributed by atoms with Crippen molar-refractivity contribution in [2.24, 2.45) is 10.1 Å². The molecule has 2 aliphatic heterocycles. The molecule has 2 aromatic carbocycles. The van der Waals surface area contributed by atoms with Gasteiger partial charge in [0.2, 0.25) is 5.17 Å². The number of nitrogens with one attached hydrogen (secondary N) is 1. The summed E-state index contributed by atoms with van der Waals surface area (Å²) < 4.78 is 23.1. The topological polar surface area (TPSA) is 106 Å². The van der Waals surface area contributed by atoms with E-state index in [0.717, 1.165) is 17.9 Å². The van der Waals surface area contributed by atoms with Gasteiger partial charge in [0.25, 0.3) is 5.91 Å². The predicted octanol–water partition coefficient (Wildman–Crippen LogP) is 5.34. The van der Waals surface area contributed by atoms with Gasteiger partial charge >= 0.3 is 0 Å². The molecule has 0 aliphatic carbocycles. The number of amidine groups is 2. The zero-order valence-electron chi connectivity index (χ0n) is 20.0. The fraction of sp³-hybridized carbons (Fsp3) is 0.280. The van der Waals surface area contributed by atoms with Crippen LogP contribution in [0.5, 0.6) is 23.0 Å². The number of para-hydroxylation sites is 2. The van der Waals surface area contributed by atoms with E-state index in [2.05, 4.69) is 32.9 Å². The number of aliphatic imine (C=N–C) groups is 1. The molecule has 0 fully saturated rings. The monoisotopic (exact) mass is 572 g/mol. The third-order valence-corrected chi connectivity index (χ3v) is 6.74. The molecule has 188 valence electrons. The van der Waals surface area contributed by atoms with Crippen molar-refractivity contribution < 1.29 is 23.7 Å². The average Bonchev–Trinajstić information content (AvgIpc) is 3.28. The lowest BCUT2D eigenvalue weighted by molar-refractivity contribution is -0.114. The first-order chi connectivity index (χ1) is 17.4. The quantitative estimate of drug-likeness (QED) is 0.302. The molecule has 1 amide bonds. The number of hydrogen-bond donors (Lipinski definition) is 1. The van der Waals surface area contributed by atoms with E-state index >= 15 is 0 Å². The molecule has 0 aromatic heterocycles. The first-order valence-corrected chi connectivity index (χ1v) is 12.8. The van der Waals surface area contributed by atoms with E-state index < -0.39 is 5.91 Å². The van der Waals surface area contributed by atoms with Crippen LogP contribution < -0.4 is 18.9 Å². The van der Waals surface area contributed by atoms with Crippen molar-refractivity contribution in [1.29, 1.82) is 5.41 Å². The summed E-state index contributed by atoms with van der Waals surface area (Å²) in [6, 6.07) is 10.9. The second-order valence-corrected chi connectivity index (χ2v) is 9.54. The Morgan fingerprint density at radius 1 is 1.08 bits per heavy atom. The molecule has 36 heavy (non-hydrogen) atoms. The van der Waals surface area contributed by atoms with Gasteiger partial charge in [0.15, 0.2) is 28.8 Å². The maximum Gasteiger partial charge on any atom is 0.283 e. The van der Waals surface area contributed by atoms with Gasteiger partial charge in [0.1, 0.15) is 18.3 Å². The summed E-state index contributed by atoms with van der Waals surface area (Å²) >= 11 is 4.86. The van der Waals surface area contributed by atoms with Crippen molar-refractivity contribution in [2.75, 3.05) is 27.4 Å². The Morgan fingerprint density at radius 2 is 1.81 bits per heavy atom. The SMILES string of the molecule is CCCC1=NN2C(=N)/C(=C/c3cc(Br)c(OCCOc4ccccc4OC)c(OC)c3)C(=O)N=C2S1. The molecular formula is C25H25BrN4O5S. The van der Waals surface area contributed by atoms with Gasteiger partial charge in [-0.25, -0.2) is 0 Å². The number of carbonyl (C=O) groups is 1. The minimum atomic E-state index is -0.476. The second-order valence-electron chi connectivity index (χ2n) is 7.65. The van der Waals surface area contributed by atoms with Crippen molar-refractivity contribution >= 4 is 55.7 Å². The normalized spacial score (nSPS) is 16.0. The van der Waals surface area contributed by atoms with Crippen LogP contribution >= 0.6 is 27.7 Å². The fourth-order valence-electron chi connectivity index (χ4n) is 3.51.